The molecule has 1 aromatic heterocycles. The lowest BCUT2D eigenvalue weighted by atomic mass is 10.2. The number of sulfone groups is 1. The summed E-state index contributed by atoms with van der Waals surface area (Å²) in [6.45, 7) is 2.05. The summed E-state index contributed by atoms with van der Waals surface area (Å²) in [5.41, 5.74) is 0.178. The Hall–Kier alpha value is -2.46. The van der Waals surface area contributed by atoms with E-state index in [-0.39, 0.29) is 16.5 Å². The molecule has 2 heterocycles. The largest absolute Gasteiger partial charge is 0.369 e. The molecule has 1 aliphatic heterocycles. The molecule has 3 rings (SSSR count). The molecule has 144 valence electrons. The molecule has 1 fully saturated rings. The first-order chi connectivity index (χ1) is 12.8. The maximum atomic E-state index is 12.5. The zero-order chi connectivity index (χ0) is 19.6. The molecule has 0 saturated carbocycles. The number of hydrogen-bond donors (Lipinski definition) is 0. The van der Waals surface area contributed by atoms with Gasteiger partial charge in [-0.3, -0.25) is 14.9 Å². The molecule has 1 amide bonds. The quantitative estimate of drug-likeness (QED) is 0.568. The van der Waals surface area contributed by atoms with Crippen molar-refractivity contribution in [1.29, 1.82) is 0 Å². The first-order valence-corrected chi connectivity index (χ1v) is 11.1. The molecule has 0 N–H and O–H groups in total. The summed E-state index contributed by atoms with van der Waals surface area (Å²) in [6, 6.07) is 7.50. The number of non-ortho nitro benzene ring substituents is 1. The number of anilines is 1. The van der Waals surface area contributed by atoms with E-state index in [1.165, 1.54) is 23.5 Å². The number of nitro groups is 1. The molecule has 27 heavy (non-hydrogen) atoms. The molecular formula is C17H19N3O5S2. The minimum atomic E-state index is -3.64. The highest BCUT2D eigenvalue weighted by atomic mass is 32.2. The van der Waals surface area contributed by atoms with Crippen LogP contribution in [0, 0.1) is 10.1 Å². The molecule has 0 spiro atoms. The highest BCUT2D eigenvalue weighted by Crippen LogP contribution is 2.30. The third kappa shape index (κ3) is 4.28. The van der Waals surface area contributed by atoms with E-state index >= 15 is 0 Å². The van der Waals surface area contributed by atoms with Crippen LogP contribution in [-0.2, 0) is 9.84 Å². The number of nitrogens with zero attached hydrogens (tertiary/aromatic N) is 3. The van der Waals surface area contributed by atoms with E-state index in [1.54, 1.807) is 11.0 Å². The molecule has 2 aromatic rings. The Morgan fingerprint density at radius 3 is 2.59 bits per heavy atom. The second-order valence-corrected chi connectivity index (χ2v) is 9.22. The number of carbonyl (C=O) groups is 1. The van der Waals surface area contributed by atoms with Gasteiger partial charge in [0.25, 0.3) is 11.6 Å². The fourth-order valence-corrected chi connectivity index (χ4v) is 4.69. The van der Waals surface area contributed by atoms with Gasteiger partial charge in [0.05, 0.1) is 20.4 Å². The van der Waals surface area contributed by atoms with Crippen LogP contribution < -0.4 is 4.90 Å². The SMILES string of the molecule is CS(=O)(=O)c1cc([N+](=O)[O-])ccc1N1CCCN(C(=O)c2cccs2)CC1. The molecule has 0 aliphatic carbocycles. The van der Waals surface area contributed by atoms with Crippen molar-refractivity contribution in [3.63, 3.8) is 0 Å². The van der Waals surface area contributed by atoms with Crippen LogP contribution in [0.2, 0.25) is 0 Å². The van der Waals surface area contributed by atoms with E-state index in [1.807, 2.05) is 16.3 Å². The van der Waals surface area contributed by atoms with Gasteiger partial charge in [-0.1, -0.05) is 6.07 Å². The standard InChI is InChI=1S/C17H19N3O5S2/c1-27(24,25)16-12-13(20(22)23)5-6-14(16)18-7-3-8-19(10-9-18)17(21)15-4-2-11-26-15/h2,4-6,11-12H,3,7-10H2,1H3. The van der Waals surface area contributed by atoms with Gasteiger partial charge in [0, 0.05) is 44.6 Å². The van der Waals surface area contributed by atoms with E-state index in [0.717, 1.165) is 12.3 Å². The monoisotopic (exact) mass is 409 g/mol. The van der Waals surface area contributed by atoms with Crippen molar-refractivity contribution < 1.29 is 18.1 Å². The number of nitro benzene ring substituents is 1. The highest BCUT2D eigenvalue weighted by Gasteiger charge is 2.25. The van der Waals surface area contributed by atoms with Gasteiger partial charge in [-0.05, 0) is 23.9 Å². The Kier molecular flexibility index (Phi) is 5.47. The van der Waals surface area contributed by atoms with Crippen molar-refractivity contribution in [3.05, 3.63) is 50.7 Å². The summed E-state index contributed by atoms with van der Waals surface area (Å²) in [4.78, 5) is 27.2. The summed E-state index contributed by atoms with van der Waals surface area (Å²) in [5, 5.41) is 12.9. The molecule has 0 atom stereocenters. The minimum absolute atomic E-state index is 0.0288. The van der Waals surface area contributed by atoms with Crippen LogP contribution in [-0.4, -0.2) is 56.6 Å². The van der Waals surface area contributed by atoms with E-state index in [9.17, 15) is 23.3 Å². The first-order valence-electron chi connectivity index (χ1n) is 8.33. The number of thiophene rings is 1. The summed E-state index contributed by atoms with van der Waals surface area (Å²) in [5.74, 6) is -0.0288. The van der Waals surface area contributed by atoms with Crippen molar-refractivity contribution in [2.24, 2.45) is 0 Å². The average Bonchev–Trinajstić information content (AvgIpc) is 3.04. The molecule has 1 saturated heterocycles. The number of rotatable bonds is 4. The van der Waals surface area contributed by atoms with Crippen molar-refractivity contribution in [3.8, 4) is 0 Å². The third-order valence-corrected chi connectivity index (χ3v) is 6.39. The van der Waals surface area contributed by atoms with Gasteiger partial charge in [-0.15, -0.1) is 11.3 Å². The molecule has 10 heteroatoms. The van der Waals surface area contributed by atoms with Crippen molar-refractivity contribution in [1.82, 2.24) is 4.90 Å². The van der Waals surface area contributed by atoms with E-state index in [0.29, 0.717) is 43.2 Å². The minimum Gasteiger partial charge on any atom is -0.369 e. The maximum absolute atomic E-state index is 12.5. The van der Waals surface area contributed by atoms with Crippen molar-refractivity contribution in [2.75, 3.05) is 37.3 Å². The second-order valence-electron chi connectivity index (χ2n) is 6.29. The van der Waals surface area contributed by atoms with E-state index in [2.05, 4.69) is 0 Å². The fraction of sp³-hybridized carbons (Fsp3) is 0.353. The van der Waals surface area contributed by atoms with E-state index in [4.69, 9.17) is 0 Å². The van der Waals surface area contributed by atoms with Gasteiger partial charge in [0.15, 0.2) is 9.84 Å². The molecule has 0 radical (unpaired) electrons. The molecule has 8 nitrogen and oxygen atoms in total. The van der Waals surface area contributed by atoms with Gasteiger partial charge in [0.1, 0.15) is 0 Å². The Morgan fingerprint density at radius 1 is 1.19 bits per heavy atom. The van der Waals surface area contributed by atoms with Crippen LogP contribution in [0.1, 0.15) is 16.1 Å². The van der Waals surface area contributed by atoms with Gasteiger partial charge in [0.2, 0.25) is 0 Å². The predicted octanol–water partition coefficient (Wildman–Crippen LogP) is 2.41. The molecule has 1 aromatic carbocycles. The average molecular weight is 409 g/mol. The number of amides is 1. The normalized spacial score (nSPS) is 15.4. The lowest BCUT2D eigenvalue weighted by molar-refractivity contribution is -0.385. The lowest BCUT2D eigenvalue weighted by Gasteiger charge is -2.25. The zero-order valence-electron chi connectivity index (χ0n) is 14.7. The molecule has 0 bridgehead atoms. The molecule has 1 aliphatic rings. The molecular weight excluding hydrogens is 390 g/mol. The van der Waals surface area contributed by atoms with Crippen molar-refractivity contribution >= 4 is 38.5 Å². The molecule has 0 unspecified atom stereocenters. The zero-order valence-corrected chi connectivity index (χ0v) is 16.3. The van der Waals surface area contributed by atoms with Crippen LogP contribution in [0.5, 0.6) is 0 Å². The van der Waals surface area contributed by atoms with Crippen LogP contribution in [0.25, 0.3) is 0 Å². The van der Waals surface area contributed by atoms with Gasteiger partial charge >= 0.3 is 0 Å². The lowest BCUT2D eigenvalue weighted by Crippen LogP contribution is -2.35. The van der Waals surface area contributed by atoms with Gasteiger partial charge < -0.3 is 9.80 Å². The Bertz CT molecular complexity index is 957. The number of hydrogen-bond acceptors (Lipinski definition) is 7. The number of carbonyl (C=O) groups excluding carboxylic acids is 1. The smallest absolute Gasteiger partial charge is 0.270 e. The topological polar surface area (TPSA) is 101 Å². The highest BCUT2D eigenvalue weighted by molar-refractivity contribution is 7.90. The Balaban J connectivity index is 1.85. The summed E-state index contributed by atoms with van der Waals surface area (Å²) >= 11 is 1.39. The van der Waals surface area contributed by atoms with Crippen LogP contribution in [0.4, 0.5) is 11.4 Å². The summed E-state index contributed by atoms with van der Waals surface area (Å²) in [6.07, 6.45) is 1.72. The number of benzene rings is 1. The van der Waals surface area contributed by atoms with Crippen LogP contribution >= 0.6 is 11.3 Å². The summed E-state index contributed by atoms with van der Waals surface area (Å²) in [7, 11) is -3.64. The predicted molar refractivity (Wildman–Crippen MR) is 103 cm³/mol. The first kappa shape index (κ1) is 19.3. The van der Waals surface area contributed by atoms with Crippen LogP contribution in [0.3, 0.4) is 0 Å². The Morgan fingerprint density at radius 2 is 1.96 bits per heavy atom. The van der Waals surface area contributed by atoms with E-state index < -0.39 is 14.8 Å². The summed E-state index contributed by atoms with van der Waals surface area (Å²) < 4.78 is 24.3. The Labute approximate surface area is 161 Å². The fourth-order valence-electron chi connectivity index (χ4n) is 3.09. The third-order valence-electron chi connectivity index (χ3n) is 4.41. The van der Waals surface area contributed by atoms with Gasteiger partial charge in [-0.2, -0.15) is 0 Å². The van der Waals surface area contributed by atoms with Crippen molar-refractivity contribution in [2.45, 2.75) is 11.3 Å². The maximum Gasteiger partial charge on any atom is 0.270 e. The van der Waals surface area contributed by atoms with Gasteiger partial charge in [-0.25, -0.2) is 8.42 Å². The van der Waals surface area contributed by atoms with Crippen LogP contribution in [0.15, 0.2) is 40.6 Å². The second kappa shape index (κ2) is 7.65.